The first-order valence-electron chi connectivity index (χ1n) is 9.82. The third-order valence-electron chi connectivity index (χ3n) is 4.79. The smallest absolute Gasteiger partial charge is 0.252 e. The zero-order valence-electron chi connectivity index (χ0n) is 16.4. The van der Waals surface area contributed by atoms with Gasteiger partial charge in [-0.3, -0.25) is 9.78 Å². The van der Waals surface area contributed by atoms with Crippen molar-refractivity contribution < 1.29 is 9.53 Å². The van der Waals surface area contributed by atoms with Gasteiger partial charge in [-0.05, 0) is 47.0 Å². The normalized spacial score (nSPS) is 11.5. The Morgan fingerprint density at radius 3 is 2.20 bits per heavy atom. The molecule has 0 radical (unpaired) electrons. The lowest BCUT2D eigenvalue weighted by Gasteiger charge is -2.20. The van der Waals surface area contributed by atoms with E-state index in [1.165, 1.54) is 0 Å². The lowest BCUT2D eigenvalue weighted by atomic mass is 9.99. The third-order valence-corrected chi connectivity index (χ3v) is 4.79. The van der Waals surface area contributed by atoms with Gasteiger partial charge in [0.15, 0.2) is 0 Å². The van der Waals surface area contributed by atoms with E-state index in [1.807, 2.05) is 84.9 Å². The first kappa shape index (κ1) is 19.4. The zero-order chi connectivity index (χ0) is 20.6. The highest BCUT2D eigenvalue weighted by atomic mass is 16.5. The van der Waals surface area contributed by atoms with Gasteiger partial charge < -0.3 is 10.1 Å². The molecule has 0 saturated carbocycles. The molecule has 0 spiro atoms. The van der Waals surface area contributed by atoms with Crippen LogP contribution in [-0.2, 0) is 6.61 Å². The lowest BCUT2D eigenvalue weighted by Crippen LogP contribution is -2.29. The molecule has 0 aliphatic heterocycles. The third kappa shape index (κ3) is 4.92. The minimum absolute atomic E-state index is 0.161. The number of pyridine rings is 1. The first-order valence-corrected chi connectivity index (χ1v) is 9.82. The quantitative estimate of drug-likeness (QED) is 0.470. The molecule has 1 N–H and O–H groups in total. The van der Waals surface area contributed by atoms with Crippen LogP contribution in [0.25, 0.3) is 0 Å². The molecule has 3 aromatic carbocycles. The molecule has 0 saturated heterocycles. The summed E-state index contributed by atoms with van der Waals surface area (Å²) < 4.78 is 5.87. The summed E-state index contributed by atoms with van der Waals surface area (Å²) in [6.45, 7) is 0.454. The second-order valence-electron chi connectivity index (χ2n) is 6.90. The van der Waals surface area contributed by atoms with Gasteiger partial charge in [-0.15, -0.1) is 0 Å². The molecule has 1 unspecified atom stereocenters. The molecule has 0 fully saturated rings. The van der Waals surface area contributed by atoms with Crippen LogP contribution in [0.15, 0.2) is 109 Å². The SMILES string of the molecule is O=C(NC(c1ccccc1)c1ccncc1)c1cccc(OCc2ccccc2)c1. The van der Waals surface area contributed by atoms with Gasteiger partial charge in [-0.2, -0.15) is 0 Å². The van der Waals surface area contributed by atoms with Gasteiger partial charge in [-0.25, -0.2) is 0 Å². The average molecular weight is 394 g/mol. The number of nitrogens with one attached hydrogen (secondary N) is 1. The Bertz CT molecular complexity index is 1040. The van der Waals surface area contributed by atoms with E-state index in [2.05, 4.69) is 10.3 Å². The van der Waals surface area contributed by atoms with Crippen molar-refractivity contribution in [2.45, 2.75) is 12.6 Å². The molecule has 4 aromatic rings. The lowest BCUT2D eigenvalue weighted by molar-refractivity contribution is 0.0942. The minimum atomic E-state index is -0.268. The Morgan fingerprint density at radius 2 is 1.47 bits per heavy atom. The van der Waals surface area contributed by atoms with Crippen molar-refractivity contribution in [2.24, 2.45) is 0 Å². The molecule has 1 heterocycles. The molecular formula is C26H22N2O2. The van der Waals surface area contributed by atoms with Crippen molar-refractivity contribution in [1.29, 1.82) is 0 Å². The molecule has 30 heavy (non-hydrogen) atoms. The second-order valence-corrected chi connectivity index (χ2v) is 6.90. The number of hydrogen-bond donors (Lipinski definition) is 1. The molecule has 4 nitrogen and oxygen atoms in total. The Hall–Kier alpha value is -3.92. The highest BCUT2D eigenvalue weighted by Crippen LogP contribution is 2.23. The van der Waals surface area contributed by atoms with Crippen LogP contribution in [0.4, 0.5) is 0 Å². The van der Waals surface area contributed by atoms with E-state index < -0.39 is 0 Å². The van der Waals surface area contributed by atoms with E-state index in [4.69, 9.17) is 4.74 Å². The van der Waals surface area contributed by atoms with E-state index in [9.17, 15) is 4.79 Å². The number of amides is 1. The van der Waals surface area contributed by atoms with Crippen LogP contribution in [0.2, 0.25) is 0 Å². The predicted molar refractivity (Wildman–Crippen MR) is 117 cm³/mol. The average Bonchev–Trinajstić information content (AvgIpc) is 2.83. The topological polar surface area (TPSA) is 51.2 Å². The van der Waals surface area contributed by atoms with Gasteiger partial charge in [0.1, 0.15) is 12.4 Å². The van der Waals surface area contributed by atoms with Crippen molar-refractivity contribution in [1.82, 2.24) is 10.3 Å². The van der Waals surface area contributed by atoms with Crippen LogP contribution < -0.4 is 10.1 Å². The zero-order valence-corrected chi connectivity index (χ0v) is 16.4. The number of nitrogens with zero attached hydrogens (tertiary/aromatic N) is 1. The van der Waals surface area contributed by atoms with Crippen molar-refractivity contribution in [2.75, 3.05) is 0 Å². The predicted octanol–water partition coefficient (Wildman–Crippen LogP) is 5.18. The van der Waals surface area contributed by atoms with Crippen molar-refractivity contribution in [3.8, 4) is 5.75 Å². The second kappa shape index (κ2) is 9.52. The molecule has 0 bridgehead atoms. The van der Waals surface area contributed by atoms with Crippen molar-refractivity contribution in [3.05, 3.63) is 132 Å². The van der Waals surface area contributed by atoms with E-state index >= 15 is 0 Å². The number of aromatic nitrogens is 1. The Morgan fingerprint density at radius 1 is 0.800 bits per heavy atom. The molecule has 4 rings (SSSR count). The van der Waals surface area contributed by atoms with E-state index in [0.717, 1.165) is 16.7 Å². The van der Waals surface area contributed by atoms with E-state index in [1.54, 1.807) is 24.5 Å². The summed E-state index contributed by atoms with van der Waals surface area (Å²) in [5.74, 6) is 0.498. The molecule has 0 aliphatic rings. The van der Waals surface area contributed by atoms with E-state index in [-0.39, 0.29) is 11.9 Å². The molecule has 4 heteroatoms. The fraction of sp³-hybridized carbons (Fsp3) is 0.0769. The number of hydrogen-bond acceptors (Lipinski definition) is 3. The van der Waals surface area contributed by atoms with Crippen LogP contribution in [0, 0.1) is 0 Å². The minimum Gasteiger partial charge on any atom is -0.489 e. The summed E-state index contributed by atoms with van der Waals surface area (Å²) >= 11 is 0. The maximum absolute atomic E-state index is 13.0. The fourth-order valence-electron chi connectivity index (χ4n) is 3.24. The Labute approximate surface area is 176 Å². The summed E-state index contributed by atoms with van der Waals surface area (Å²) in [6, 6.07) is 30.7. The summed E-state index contributed by atoms with van der Waals surface area (Å²) in [5.41, 5.74) is 3.61. The number of ether oxygens (including phenoxy) is 1. The molecular weight excluding hydrogens is 372 g/mol. The van der Waals surface area contributed by atoms with Gasteiger partial charge in [0.25, 0.3) is 5.91 Å². The fourth-order valence-corrected chi connectivity index (χ4v) is 3.24. The van der Waals surface area contributed by atoms with Crippen LogP contribution in [0.5, 0.6) is 5.75 Å². The number of carbonyl (C=O) groups is 1. The van der Waals surface area contributed by atoms with Gasteiger partial charge in [0, 0.05) is 18.0 Å². The molecule has 1 atom stereocenters. The summed E-state index contributed by atoms with van der Waals surface area (Å²) in [4.78, 5) is 17.1. The van der Waals surface area contributed by atoms with Gasteiger partial charge in [0.2, 0.25) is 0 Å². The number of carbonyl (C=O) groups excluding carboxylic acids is 1. The number of rotatable bonds is 7. The highest BCUT2D eigenvalue weighted by Gasteiger charge is 2.18. The molecule has 0 aliphatic carbocycles. The highest BCUT2D eigenvalue weighted by molar-refractivity contribution is 5.95. The maximum atomic E-state index is 13.0. The summed E-state index contributed by atoms with van der Waals surface area (Å²) in [7, 11) is 0. The van der Waals surface area contributed by atoms with Gasteiger partial charge in [-0.1, -0.05) is 66.7 Å². The molecule has 1 amide bonds. The van der Waals surface area contributed by atoms with Crippen LogP contribution in [0.1, 0.15) is 33.1 Å². The van der Waals surface area contributed by atoms with Crippen LogP contribution in [-0.4, -0.2) is 10.9 Å². The largest absolute Gasteiger partial charge is 0.489 e. The monoisotopic (exact) mass is 394 g/mol. The van der Waals surface area contributed by atoms with E-state index in [0.29, 0.717) is 17.9 Å². The summed E-state index contributed by atoms with van der Waals surface area (Å²) in [6.07, 6.45) is 3.46. The first-order chi connectivity index (χ1) is 14.8. The van der Waals surface area contributed by atoms with Crippen LogP contribution >= 0.6 is 0 Å². The van der Waals surface area contributed by atoms with Gasteiger partial charge >= 0.3 is 0 Å². The van der Waals surface area contributed by atoms with Crippen LogP contribution in [0.3, 0.4) is 0 Å². The maximum Gasteiger partial charge on any atom is 0.252 e. The summed E-state index contributed by atoms with van der Waals surface area (Å²) in [5, 5.41) is 3.14. The van der Waals surface area contributed by atoms with Crippen molar-refractivity contribution >= 4 is 5.91 Å². The standard InChI is InChI=1S/C26H22N2O2/c29-26(23-12-7-13-24(18-23)30-19-20-8-3-1-4-9-20)28-25(21-10-5-2-6-11-21)22-14-16-27-17-15-22/h1-18,25H,19H2,(H,28,29). The Kier molecular flexibility index (Phi) is 6.16. The molecule has 148 valence electrons. The van der Waals surface area contributed by atoms with Crippen molar-refractivity contribution in [3.63, 3.8) is 0 Å². The number of benzene rings is 3. The molecule has 1 aromatic heterocycles. The Balaban J connectivity index is 1.51. The van der Waals surface area contributed by atoms with Gasteiger partial charge in [0.05, 0.1) is 6.04 Å².